The van der Waals surface area contributed by atoms with Crippen LogP contribution in [0.25, 0.3) is 0 Å². The van der Waals surface area contributed by atoms with Gasteiger partial charge in [0.1, 0.15) is 5.75 Å². The van der Waals surface area contributed by atoms with Gasteiger partial charge in [-0.15, -0.1) is 0 Å². The Kier molecular flexibility index (Phi) is 3.44. The Labute approximate surface area is 102 Å². The molecule has 0 radical (unpaired) electrons. The second kappa shape index (κ2) is 4.81. The number of benzene rings is 1. The van der Waals surface area contributed by atoms with E-state index in [1.54, 1.807) is 18.4 Å². The van der Waals surface area contributed by atoms with Gasteiger partial charge >= 0.3 is 0 Å². The van der Waals surface area contributed by atoms with Crippen LogP contribution in [0.1, 0.15) is 11.1 Å². The minimum Gasteiger partial charge on any atom is -0.497 e. The summed E-state index contributed by atoms with van der Waals surface area (Å²) in [5.74, 6) is 0.885. The quantitative estimate of drug-likeness (QED) is 0.823. The summed E-state index contributed by atoms with van der Waals surface area (Å²) in [6.45, 7) is 0. The van der Waals surface area contributed by atoms with Gasteiger partial charge in [-0.2, -0.15) is 11.3 Å². The third-order valence-electron chi connectivity index (χ3n) is 2.23. The summed E-state index contributed by atoms with van der Waals surface area (Å²) in [4.78, 5) is 0. The van der Waals surface area contributed by atoms with Gasteiger partial charge in [-0.3, -0.25) is 0 Å². The van der Waals surface area contributed by atoms with Crippen molar-refractivity contribution in [2.75, 3.05) is 7.11 Å². The molecule has 0 N–H and O–H groups in total. The average molecular weight is 283 g/mol. The lowest BCUT2D eigenvalue weighted by molar-refractivity contribution is 0.414. The van der Waals surface area contributed by atoms with Crippen LogP contribution in [0.4, 0.5) is 0 Å². The predicted octanol–water partition coefficient (Wildman–Crippen LogP) is 4.11. The number of hydrogen-bond acceptors (Lipinski definition) is 2. The fourth-order valence-corrected chi connectivity index (χ4v) is 2.58. The van der Waals surface area contributed by atoms with E-state index in [2.05, 4.69) is 38.8 Å². The second-order valence-electron chi connectivity index (χ2n) is 3.27. The first kappa shape index (κ1) is 10.7. The Morgan fingerprint density at radius 2 is 2.20 bits per heavy atom. The lowest BCUT2D eigenvalue weighted by atomic mass is 10.1. The van der Waals surface area contributed by atoms with E-state index in [4.69, 9.17) is 4.74 Å². The van der Waals surface area contributed by atoms with E-state index >= 15 is 0 Å². The number of rotatable bonds is 3. The van der Waals surface area contributed by atoms with E-state index in [0.29, 0.717) is 0 Å². The van der Waals surface area contributed by atoms with E-state index in [9.17, 15) is 0 Å². The van der Waals surface area contributed by atoms with Gasteiger partial charge in [0.05, 0.1) is 7.11 Å². The van der Waals surface area contributed by atoms with Gasteiger partial charge in [0, 0.05) is 4.47 Å². The van der Waals surface area contributed by atoms with Crippen LogP contribution in [0.5, 0.6) is 5.75 Å². The molecule has 3 heteroatoms. The molecule has 0 saturated heterocycles. The summed E-state index contributed by atoms with van der Waals surface area (Å²) in [6.07, 6.45) is 0.966. The summed E-state index contributed by atoms with van der Waals surface area (Å²) >= 11 is 5.29. The van der Waals surface area contributed by atoms with Crippen molar-refractivity contribution in [2.24, 2.45) is 0 Å². The molecule has 1 heterocycles. The zero-order valence-electron chi connectivity index (χ0n) is 8.37. The molecule has 0 aliphatic carbocycles. The zero-order valence-corrected chi connectivity index (χ0v) is 10.8. The molecule has 1 aromatic heterocycles. The Balaban J connectivity index is 2.22. The fraction of sp³-hybridized carbons (Fsp3) is 0.167. The highest BCUT2D eigenvalue weighted by atomic mass is 79.9. The monoisotopic (exact) mass is 282 g/mol. The van der Waals surface area contributed by atoms with Crippen molar-refractivity contribution < 1.29 is 4.74 Å². The van der Waals surface area contributed by atoms with E-state index in [1.807, 2.05) is 12.1 Å². The van der Waals surface area contributed by atoms with Crippen LogP contribution < -0.4 is 4.74 Å². The van der Waals surface area contributed by atoms with Gasteiger partial charge in [0.2, 0.25) is 0 Å². The molecule has 2 aromatic rings. The molecule has 0 spiro atoms. The summed E-state index contributed by atoms with van der Waals surface area (Å²) in [5, 5.41) is 4.28. The lowest BCUT2D eigenvalue weighted by Crippen LogP contribution is -1.89. The molecule has 0 atom stereocenters. The Morgan fingerprint density at radius 1 is 1.33 bits per heavy atom. The van der Waals surface area contributed by atoms with Gasteiger partial charge in [-0.05, 0) is 46.5 Å². The van der Waals surface area contributed by atoms with E-state index in [1.165, 1.54) is 11.1 Å². The minimum atomic E-state index is 0.885. The van der Waals surface area contributed by atoms with Gasteiger partial charge in [0.15, 0.2) is 0 Å². The molecule has 0 aliphatic heterocycles. The van der Waals surface area contributed by atoms with Crippen molar-refractivity contribution in [1.82, 2.24) is 0 Å². The smallest absolute Gasteiger partial charge is 0.120 e. The van der Waals surface area contributed by atoms with Gasteiger partial charge in [-0.1, -0.05) is 22.0 Å². The maximum absolute atomic E-state index is 5.16. The van der Waals surface area contributed by atoms with Crippen molar-refractivity contribution in [1.29, 1.82) is 0 Å². The summed E-state index contributed by atoms with van der Waals surface area (Å²) < 4.78 is 6.26. The van der Waals surface area contributed by atoms with Crippen LogP contribution in [-0.2, 0) is 6.42 Å². The van der Waals surface area contributed by atoms with Crippen LogP contribution in [0.2, 0.25) is 0 Å². The van der Waals surface area contributed by atoms with E-state index in [0.717, 1.165) is 16.6 Å². The SMILES string of the molecule is COc1ccc(Cc2ccsc2)c(Br)c1. The molecule has 0 unspecified atom stereocenters. The fourth-order valence-electron chi connectivity index (χ4n) is 1.41. The minimum absolute atomic E-state index is 0.885. The Hall–Kier alpha value is -0.800. The van der Waals surface area contributed by atoms with Crippen LogP contribution in [0, 0.1) is 0 Å². The van der Waals surface area contributed by atoms with Crippen molar-refractivity contribution in [3.63, 3.8) is 0 Å². The summed E-state index contributed by atoms with van der Waals surface area (Å²) in [5.41, 5.74) is 2.64. The van der Waals surface area contributed by atoms with Crippen molar-refractivity contribution in [3.8, 4) is 5.75 Å². The molecule has 0 fully saturated rings. The van der Waals surface area contributed by atoms with Gasteiger partial charge < -0.3 is 4.74 Å². The van der Waals surface area contributed by atoms with Crippen LogP contribution in [-0.4, -0.2) is 7.11 Å². The van der Waals surface area contributed by atoms with Crippen molar-refractivity contribution >= 4 is 27.3 Å². The molecule has 0 bridgehead atoms. The molecule has 1 aromatic carbocycles. The maximum Gasteiger partial charge on any atom is 0.120 e. The first-order valence-electron chi connectivity index (χ1n) is 4.63. The highest BCUT2D eigenvalue weighted by Gasteiger charge is 2.03. The van der Waals surface area contributed by atoms with Crippen LogP contribution >= 0.6 is 27.3 Å². The number of methoxy groups -OCH3 is 1. The molecule has 2 rings (SSSR count). The molecule has 0 amide bonds. The van der Waals surface area contributed by atoms with Crippen molar-refractivity contribution in [2.45, 2.75) is 6.42 Å². The highest BCUT2D eigenvalue weighted by molar-refractivity contribution is 9.10. The zero-order chi connectivity index (χ0) is 10.7. The molecular formula is C12H11BrOS. The third kappa shape index (κ3) is 2.61. The van der Waals surface area contributed by atoms with Crippen molar-refractivity contribution in [3.05, 3.63) is 50.6 Å². The number of hydrogen-bond donors (Lipinski definition) is 0. The first-order chi connectivity index (χ1) is 7.29. The Morgan fingerprint density at radius 3 is 2.80 bits per heavy atom. The summed E-state index contributed by atoms with van der Waals surface area (Å²) in [6, 6.07) is 8.25. The number of ether oxygens (including phenoxy) is 1. The third-order valence-corrected chi connectivity index (χ3v) is 3.71. The molecule has 78 valence electrons. The van der Waals surface area contributed by atoms with E-state index < -0.39 is 0 Å². The second-order valence-corrected chi connectivity index (χ2v) is 4.90. The topological polar surface area (TPSA) is 9.23 Å². The average Bonchev–Trinajstić information content (AvgIpc) is 2.74. The van der Waals surface area contributed by atoms with Crippen LogP contribution in [0.3, 0.4) is 0 Å². The number of thiophene rings is 1. The molecule has 0 saturated carbocycles. The van der Waals surface area contributed by atoms with Gasteiger partial charge in [-0.25, -0.2) is 0 Å². The van der Waals surface area contributed by atoms with Gasteiger partial charge in [0.25, 0.3) is 0 Å². The first-order valence-corrected chi connectivity index (χ1v) is 6.36. The predicted molar refractivity (Wildman–Crippen MR) is 67.8 cm³/mol. The molecule has 15 heavy (non-hydrogen) atoms. The van der Waals surface area contributed by atoms with E-state index in [-0.39, 0.29) is 0 Å². The molecular weight excluding hydrogens is 272 g/mol. The normalized spacial score (nSPS) is 10.3. The Bertz CT molecular complexity index is 437. The summed E-state index contributed by atoms with van der Waals surface area (Å²) in [7, 11) is 1.68. The standard InChI is InChI=1S/C12H11BrOS/c1-14-11-3-2-10(12(13)7-11)6-9-4-5-15-8-9/h2-5,7-8H,6H2,1H3. The largest absolute Gasteiger partial charge is 0.497 e. The highest BCUT2D eigenvalue weighted by Crippen LogP contribution is 2.25. The molecule has 0 aliphatic rings. The molecule has 1 nitrogen and oxygen atoms in total. The van der Waals surface area contributed by atoms with Crippen LogP contribution in [0.15, 0.2) is 39.5 Å². The lowest BCUT2D eigenvalue weighted by Gasteiger charge is -2.05. The maximum atomic E-state index is 5.16. The number of halogens is 1.